The quantitative estimate of drug-likeness (QED) is 0.771. The van der Waals surface area contributed by atoms with Crippen LogP contribution in [-0.2, 0) is 4.79 Å². The van der Waals surface area contributed by atoms with Crippen LogP contribution < -0.4 is 10.6 Å². The van der Waals surface area contributed by atoms with Gasteiger partial charge in [-0.25, -0.2) is 0 Å². The molecule has 0 aromatic heterocycles. The standard InChI is InChI=1S/C14H27N3O/c1-11(10-13-6-5-7-15-13)16-12(2)14(18)17-8-3-4-9-17/h11-13,15-16H,3-10H2,1-2H3. The van der Waals surface area contributed by atoms with Crippen LogP contribution >= 0.6 is 0 Å². The van der Waals surface area contributed by atoms with Gasteiger partial charge in [-0.1, -0.05) is 0 Å². The lowest BCUT2D eigenvalue weighted by Gasteiger charge is -2.25. The van der Waals surface area contributed by atoms with Crippen LogP contribution in [0.1, 0.15) is 46.0 Å². The maximum Gasteiger partial charge on any atom is 0.239 e. The summed E-state index contributed by atoms with van der Waals surface area (Å²) in [5, 5.41) is 6.96. The number of hydrogen-bond donors (Lipinski definition) is 2. The van der Waals surface area contributed by atoms with E-state index in [9.17, 15) is 4.79 Å². The highest BCUT2D eigenvalue weighted by atomic mass is 16.2. The Morgan fingerprint density at radius 2 is 2.06 bits per heavy atom. The fourth-order valence-corrected chi connectivity index (χ4v) is 3.16. The van der Waals surface area contributed by atoms with Gasteiger partial charge in [-0.2, -0.15) is 0 Å². The van der Waals surface area contributed by atoms with E-state index >= 15 is 0 Å². The molecule has 1 amide bonds. The Morgan fingerprint density at radius 1 is 1.33 bits per heavy atom. The van der Waals surface area contributed by atoms with Crippen molar-refractivity contribution in [1.29, 1.82) is 0 Å². The molecule has 0 saturated carbocycles. The molecule has 2 fully saturated rings. The molecule has 4 heteroatoms. The Balaban J connectivity index is 1.71. The van der Waals surface area contributed by atoms with Crippen molar-refractivity contribution in [3.8, 4) is 0 Å². The molecule has 2 heterocycles. The van der Waals surface area contributed by atoms with Gasteiger partial charge in [-0.3, -0.25) is 4.79 Å². The topological polar surface area (TPSA) is 44.4 Å². The molecule has 2 aliphatic rings. The van der Waals surface area contributed by atoms with Gasteiger partial charge < -0.3 is 15.5 Å². The largest absolute Gasteiger partial charge is 0.341 e. The van der Waals surface area contributed by atoms with Gasteiger partial charge in [0.05, 0.1) is 6.04 Å². The van der Waals surface area contributed by atoms with E-state index in [4.69, 9.17) is 0 Å². The summed E-state index contributed by atoms with van der Waals surface area (Å²) in [5.41, 5.74) is 0. The first-order valence-corrected chi connectivity index (χ1v) is 7.45. The predicted octanol–water partition coefficient (Wildman–Crippen LogP) is 1.12. The van der Waals surface area contributed by atoms with Crippen LogP contribution in [0, 0.1) is 0 Å². The molecule has 2 aliphatic heterocycles. The third-order valence-electron chi connectivity index (χ3n) is 4.12. The first kappa shape index (κ1) is 13.8. The van der Waals surface area contributed by atoms with E-state index in [0.717, 1.165) is 26.1 Å². The van der Waals surface area contributed by atoms with E-state index in [2.05, 4.69) is 17.6 Å². The molecule has 2 N–H and O–H groups in total. The van der Waals surface area contributed by atoms with Crippen molar-refractivity contribution >= 4 is 5.91 Å². The minimum atomic E-state index is -0.0421. The zero-order valence-corrected chi connectivity index (χ0v) is 11.7. The van der Waals surface area contributed by atoms with Crippen molar-refractivity contribution in [3.05, 3.63) is 0 Å². The van der Waals surface area contributed by atoms with E-state index in [1.54, 1.807) is 0 Å². The Hall–Kier alpha value is -0.610. The summed E-state index contributed by atoms with van der Waals surface area (Å²) < 4.78 is 0. The molecule has 2 rings (SSSR count). The van der Waals surface area contributed by atoms with E-state index in [-0.39, 0.29) is 11.9 Å². The first-order valence-electron chi connectivity index (χ1n) is 7.45. The third-order valence-corrected chi connectivity index (χ3v) is 4.12. The summed E-state index contributed by atoms with van der Waals surface area (Å²) >= 11 is 0. The maximum atomic E-state index is 12.2. The normalized spacial score (nSPS) is 27.4. The van der Waals surface area contributed by atoms with Crippen LogP contribution in [0.4, 0.5) is 0 Å². The highest BCUT2D eigenvalue weighted by molar-refractivity contribution is 5.81. The van der Waals surface area contributed by atoms with E-state index in [1.165, 1.54) is 25.7 Å². The Morgan fingerprint density at radius 3 is 2.67 bits per heavy atom. The highest BCUT2D eigenvalue weighted by Crippen LogP contribution is 2.12. The fourth-order valence-electron chi connectivity index (χ4n) is 3.16. The molecule has 0 aromatic carbocycles. The van der Waals surface area contributed by atoms with Crippen LogP contribution in [0.15, 0.2) is 0 Å². The number of amides is 1. The lowest BCUT2D eigenvalue weighted by molar-refractivity contribution is -0.132. The van der Waals surface area contributed by atoms with Gasteiger partial charge >= 0.3 is 0 Å². The summed E-state index contributed by atoms with van der Waals surface area (Å²) in [4.78, 5) is 14.2. The summed E-state index contributed by atoms with van der Waals surface area (Å²) in [5.74, 6) is 0.277. The van der Waals surface area contributed by atoms with Crippen molar-refractivity contribution < 1.29 is 4.79 Å². The molecule has 4 nitrogen and oxygen atoms in total. The zero-order chi connectivity index (χ0) is 13.0. The molecule has 3 unspecified atom stereocenters. The van der Waals surface area contributed by atoms with Gasteiger partial charge in [0.1, 0.15) is 0 Å². The van der Waals surface area contributed by atoms with Crippen molar-refractivity contribution in [2.24, 2.45) is 0 Å². The molecule has 2 saturated heterocycles. The molecule has 0 bridgehead atoms. The maximum absolute atomic E-state index is 12.2. The van der Waals surface area contributed by atoms with Crippen molar-refractivity contribution in [1.82, 2.24) is 15.5 Å². The number of rotatable bonds is 5. The monoisotopic (exact) mass is 253 g/mol. The minimum absolute atomic E-state index is 0.0421. The molecular weight excluding hydrogens is 226 g/mol. The molecular formula is C14H27N3O. The summed E-state index contributed by atoms with van der Waals surface area (Å²) in [6.07, 6.45) is 6.03. The number of nitrogens with one attached hydrogen (secondary N) is 2. The Labute approximate surface area is 110 Å². The van der Waals surface area contributed by atoms with E-state index in [0.29, 0.717) is 12.1 Å². The van der Waals surface area contributed by atoms with E-state index in [1.807, 2.05) is 11.8 Å². The van der Waals surface area contributed by atoms with Crippen LogP contribution in [0.25, 0.3) is 0 Å². The number of carbonyl (C=O) groups excluding carboxylic acids is 1. The van der Waals surface area contributed by atoms with Gasteiger partial charge in [0.2, 0.25) is 5.91 Å². The van der Waals surface area contributed by atoms with Gasteiger partial charge in [-0.05, 0) is 52.5 Å². The second-order valence-corrected chi connectivity index (χ2v) is 5.85. The Kier molecular flexibility index (Phi) is 5.01. The van der Waals surface area contributed by atoms with Gasteiger partial charge in [0.25, 0.3) is 0 Å². The minimum Gasteiger partial charge on any atom is -0.341 e. The number of likely N-dealkylation sites (tertiary alicyclic amines) is 1. The lowest BCUT2D eigenvalue weighted by atomic mass is 10.1. The molecule has 0 aliphatic carbocycles. The molecule has 0 aromatic rings. The van der Waals surface area contributed by atoms with E-state index < -0.39 is 0 Å². The predicted molar refractivity (Wildman–Crippen MR) is 73.5 cm³/mol. The van der Waals surface area contributed by atoms with Crippen molar-refractivity contribution in [3.63, 3.8) is 0 Å². The molecule has 104 valence electrons. The molecule has 18 heavy (non-hydrogen) atoms. The molecule has 0 spiro atoms. The lowest BCUT2D eigenvalue weighted by Crippen LogP contribution is -2.47. The van der Waals surface area contributed by atoms with Crippen molar-refractivity contribution in [2.45, 2.75) is 64.1 Å². The number of nitrogens with zero attached hydrogens (tertiary/aromatic N) is 1. The second-order valence-electron chi connectivity index (χ2n) is 5.85. The van der Waals surface area contributed by atoms with Gasteiger partial charge in [0.15, 0.2) is 0 Å². The van der Waals surface area contributed by atoms with Crippen LogP contribution in [-0.4, -0.2) is 48.6 Å². The first-order chi connectivity index (χ1) is 8.66. The Bertz CT molecular complexity index is 270. The summed E-state index contributed by atoms with van der Waals surface area (Å²) in [6.45, 7) is 7.24. The SMILES string of the molecule is CC(CC1CCCN1)NC(C)C(=O)N1CCCC1. The third kappa shape index (κ3) is 3.69. The molecule has 0 radical (unpaired) electrons. The van der Waals surface area contributed by atoms with Crippen LogP contribution in [0.3, 0.4) is 0 Å². The van der Waals surface area contributed by atoms with Crippen LogP contribution in [0.2, 0.25) is 0 Å². The molecule has 3 atom stereocenters. The van der Waals surface area contributed by atoms with Gasteiger partial charge in [-0.15, -0.1) is 0 Å². The average molecular weight is 253 g/mol. The number of hydrogen-bond acceptors (Lipinski definition) is 3. The second kappa shape index (κ2) is 6.53. The fraction of sp³-hybridized carbons (Fsp3) is 0.929. The van der Waals surface area contributed by atoms with Crippen LogP contribution in [0.5, 0.6) is 0 Å². The zero-order valence-electron chi connectivity index (χ0n) is 11.7. The van der Waals surface area contributed by atoms with Gasteiger partial charge in [0, 0.05) is 25.2 Å². The highest BCUT2D eigenvalue weighted by Gasteiger charge is 2.25. The summed E-state index contributed by atoms with van der Waals surface area (Å²) in [6, 6.07) is 1.00. The summed E-state index contributed by atoms with van der Waals surface area (Å²) in [7, 11) is 0. The smallest absolute Gasteiger partial charge is 0.239 e. The number of carbonyl (C=O) groups is 1. The average Bonchev–Trinajstić information content (AvgIpc) is 2.99. The van der Waals surface area contributed by atoms with Crippen molar-refractivity contribution in [2.75, 3.05) is 19.6 Å².